The van der Waals surface area contributed by atoms with Gasteiger partial charge >= 0.3 is 0 Å². The first-order valence-corrected chi connectivity index (χ1v) is 7.31. The average Bonchev–Trinajstić information content (AvgIpc) is 2.90. The van der Waals surface area contributed by atoms with E-state index in [1.807, 2.05) is 0 Å². The molecule has 1 aromatic rings. The Morgan fingerprint density at radius 1 is 1.42 bits per heavy atom. The summed E-state index contributed by atoms with van der Waals surface area (Å²) in [6, 6.07) is 4.06. The van der Waals surface area contributed by atoms with E-state index in [2.05, 4.69) is 21.2 Å². The maximum atomic E-state index is 13.1. The molecular formula is C14H17BrFNO2. The van der Waals surface area contributed by atoms with Crippen LogP contribution >= 0.6 is 15.9 Å². The van der Waals surface area contributed by atoms with Crippen LogP contribution in [0, 0.1) is 5.82 Å². The molecule has 1 fully saturated rings. The summed E-state index contributed by atoms with van der Waals surface area (Å²) >= 11 is 3.24. The van der Waals surface area contributed by atoms with Gasteiger partial charge in [0.2, 0.25) is 0 Å². The summed E-state index contributed by atoms with van der Waals surface area (Å²) in [6.07, 6.45) is 5.03. The fraction of sp³-hybridized carbons (Fsp3) is 0.500. The summed E-state index contributed by atoms with van der Waals surface area (Å²) in [5.41, 5.74) is 0.306. The molecule has 0 atom stereocenters. The van der Waals surface area contributed by atoms with Gasteiger partial charge < -0.3 is 10.1 Å². The largest absolute Gasteiger partial charge is 0.376 e. The van der Waals surface area contributed by atoms with Crippen LogP contribution in [-0.2, 0) is 4.74 Å². The van der Waals surface area contributed by atoms with Crippen LogP contribution in [0.4, 0.5) is 4.39 Å². The van der Waals surface area contributed by atoms with Crippen LogP contribution in [0.15, 0.2) is 22.7 Å². The van der Waals surface area contributed by atoms with E-state index in [0.717, 1.165) is 12.8 Å². The van der Waals surface area contributed by atoms with Crippen molar-refractivity contribution in [1.82, 2.24) is 5.32 Å². The minimum atomic E-state index is -0.421. The normalized spacial score (nSPS) is 15.7. The number of benzene rings is 1. The first-order chi connectivity index (χ1) is 9.16. The zero-order chi connectivity index (χ0) is 13.7. The summed E-state index contributed by atoms with van der Waals surface area (Å²) in [5.74, 6) is -0.711. The molecule has 1 N–H and O–H groups in total. The molecule has 0 saturated heterocycles. The molecule has 19 heavy (non-hydrogen) atoms. The number of amides is 1. The molecule has 5 heteroatoms. The van der Waals surface area contributed by atoms with Gasteiger partial charge in [-0.25, -0.2) is 4.39 Å². The van der Waals surface area contributed by atoms with Crippen molar-refractivity contribution in [3.8, 4) is 0 Å². The Labute approximate surface area is 120 Å². The van der Waals surface area contributed by atoms with Crippen molar-refractivity contribution in [2.75, 3.05) is 13.2 Å². The van der Waals surface area contributed by atoms with Crippen molar-refractivity contribution in [3.63, 3.8) is 0 Å². The van der Waals surface area contributed by atoms with Crippen LogP contribution in [0.5, 0.6) is 0 Å². The molecule has 0 unspecified atom stereocenters. The third-order valence-electron chi connectivity index (χ3n) is 3.22. The van der Waals surface area contributed by atoms with E-state index in [4.69, 9.17) is 4.74 Å². The van der Waals surface area contributed by atoms with Gasteiger partial charge in [-0.3, -0.25) is 4.79 Å². The lowest BCUT2D eigenvalue weighted by Crippen LogP contribution is -2.28. The maximum Gasteiger partial charge on any atom is 0.252 e. The second-order valence-electron chi connectivity index (χ2n) is 4.66. The number of nitrogens with one attached hydrogen (secondary N) is 1. The van der Waals surface area contributed by atoms with Crippen LogP contribution in [0.25, 0.3) is 0 Å². The van der Waals surface area contributed by atoms with Crippen molar-refractivity contribution in [2.45, 2.75) is 31.8 Å². The van der Waals surface area contributed by atoms with E-state index < -0.39 is 5.82 Å². The first kappa shape index (κ1) is 14.5. The van der Waals surface area contributed by atoms with Crippen molar-refractivity contribution >= 4 is 21.8 Å². The van der Waals surface area contributed by atoms with Gasteiger partial charge in [-0.05, 0) is 47.0 Å². The van der Waals surface area contributed by atoms with E-state index in [0.29, 0.717) is 29.3 Å². The summed E-state index contributed by atoms with van der Waals surface area (Å²) in [6.45, 7) is 0.946. The molecule has 0 aromatic heterocycles. The summed E-state index contributed by atoms with van der Waals surface area (Å²) in [4.78, 5) is 11.9. The van der Waals surface area contributed by atoms with E-state index >= 15 is 0 Å². The van der Waals surface area contributed by atoms with Gasteiger partial charge in [-0.2, -0.15) is 0 Å². The highest BCUT2D eigenvalue weighted by atomic mass is 79.9. The Bertz CT molecular complexity index is 447. The zero-order valence-electron chi connectivity index (χ0n) is 10.6. The molecule has 1 aromatic carbocycles. The second kappa shape index (κ2) is 7.01. The number of carbonyl (C=O) groups excluding carboxylic acids is 1. The predicted octanol–water partition coefficient (Wildman–Crippen LogP) is 3.28. The molecule has 0 spiro atoms. The van der Waals surface area contributed by atoms with Crippen molar-refractivity contribution < 1.29 is 13.9 Å². The molecule has 0 aliphatic heterocycles. The van der Waals surface area contributed by atoms with E-state index in [9.17, 15) is 9.18 Å². The minimum Gasteiger partial charge on any atom is -0.376 e. The van der Waals surface area contributed by atoms with Crippen LogP contribution < -0.4 is 5.32 Å². The number of hydrogen-bond donors (Lipinski definition) is 1. The molecule has 1 aliphatic carbocycles. The maximum absolute atomic E-state index is 13.1. The lowest BCUT2D eigenvalue weighted by Gasteiger charge is -2.12. The van der Waals surface area contributed by atoms with Gasteiger partial charge in [-0.15, -0.1) is 0 Å². The predicted molar refractivity (Wildman–Crippen MR) is 74.6 cm³/mol. The molecular weight excluding hydrogens is 313 g/mol. The molecule has 1 saturated carbocycles. The Hall–Kier alpha value is -0.940. The van der Waals surface area contributed by atoms with Crippen LogP contribution in [0.2, 0.25) is 0 Å². The Kier molecular flexibility index (Phi) is 5.34. The third-order valence-corrected chi connectivity index (χ3v) is 3.91. The molecule has 0 heterocycles. The van der Waals surface area contributed by atoms with Crippen LogP contribution in [0.3, 0.4) is 0 Å². The third kappa shape index (κ3) is 4.28. The monoisotopic (exact) mass is 329 g/mol. The minimum absolute atomic E-state index is 0.290. The molecule has 0 bridgehead atoms. The highest BCUT2D eigenvalue weighted by molar-refractivity contribution is 9.10. The average molecular weight is 330 g/mol. The number of halogens is 2. The Morgan fingerprint density at radius 3 is 2.89 bits per heavy atom. The van der Waals surface area contributed by atoms with Gasteiger partial charge in [0, 0.05) is 11.0 Å². The lowest BCUT2D eigenvalue weighted by molar-refractivity contribution is 0.0581. The number of ether oxygens (including phenoxy) is 1. The van der Waals surface area contributed by atoms with Crippen molar-refractivity contribution in [1.29, 1.82) is 0 Å². The van der Waals surface area contributed by atoms with Crippen LogP contribution in [0.1, 0.15) is 36.0 Å². The molecule has 1 aliphatic rings. The standard InChI is InChI=1S/C14H17BrFNO2/c15-13-6-5-10(16)9-12(13)14(18)17-7-8-19-11-3-1-2-4-11/h5-6,9,11H,1-4,7-8H2,(H,17,18). The SMILES string of the molecule is O=C(NCCOC1CCCC1)c1cc(F)ccc1Br. The molecule has 3 nitrogen and oxygen atoms in total. The van der Waals surface area contributed by atoms with Gasteiger partial charge in [0.05, 0.1) is 18.3 Å². The Morgan fingerprint density at radius 2 is 2.16 bits per heavy atom. The smallest absolute Gasteiger partial charge is 0.252 e. The van der Waals surface area contributed by atoms with Crippen molar-refractivity contribution in [2.24, 2.45) is 0 Å². The van der Waals surface area contributed by atoms with Crippen LogP contribution in [-0.4, -0.2) is 25.2 Å². The first-order valence-electron chi connectivity index (χ1n) is 6.51. The molecule has 104 valence electrons. The fourth-order valence-corrected chi connectivity index (χ4v) is 2.64. The highest BCUT2D eigenvalue weighted by Gasteiger charge is 2.15. The summed E-state index contributed by atoms with van der Waals surface area (Å²) < 4.78 is 19.3. The summed E-state index contributed by atoms with van der Waals surface area (Å²) in [5, 5.41) is 2.73. The van der Waals surface area contributed by atoms with Crippen molar-refractivity contribution in [3.05, 3.63) is 34.1 Å². The van der Waals surface area contributed by atoms with Gasteiger partial charge in [0.1, 0.15) is 5.82 Å². The van der Waals surface area contributed by atoms with Gasteiger partial charge in [-0.1, -0.05) is 12.8 Å². The van der Waals surface area contributed by atoms with Gasteiger partial charge in [0.15, 0.2) is 0 Å². The molecule has 0 radical (unpaired) electrons. The second-order valence-corrected chi connectivity index (χ2v) is 5.51. The van der Waals surface area contributed by atoms with E-state index in [-0.39, 0.29) is 5.91 Å². The summed E-state index contributed by atoms with van der Waals surface area (Å²) in [7, 11) is 0. The number of rotatable bonds is 5. The molecule has 2 rings (SSSR count). The zero-order valence-corrected chi connectivity index (χ0v) is 12.2. The Balaban J connectivity index is 1.75. The quantitative estimate of drug-likeness (QED) is 0.842. The number of hydrogen-bond acceptors (Lipinski definition) is 2. The van der Waals surface area contributed by atoms with E-state index in [1.165, 1.54) is 31.0 Å². The lowest BCUT2D eigenvalue weighted by atomic mass is 10.2. The molecule has 1 amide bonds. The fourth-order valence-electron chi connectivity index (χ4n) is 2.21. The van der Waals surface area contributed by atoms with Gasteiger partial charge in [0.25, 0.3) is 5.91 Å². The number of carbonyl (C=O) groups is 1. The topological polar surface area (TPSA) is 38.3 Å². The highest BCUT2D eigenvalue weighted by Crippen LogP contribution is 2.20. The van der Waals surface area contributed by atoms with E-state index in [1.54, 1.807) is 0 Å².